The number of benzene rings is 5. The van der Waals surface area contributed by atoms with Gasteiger partial charge in [-0.1, -0.05) is 97.9 Å². The van der Waals surface area contributed by atoms with Gasteiger partial charge in [0.2, 0.25) is 5.95 Å². The first-order valence-electron chi connectivity index (χ1n) is 19.8. The second kappa shape index (κ2) is 18.4. The molecule has 11 heteroatoms. The van der Waals surface area contributed by atoms with E-state index in [0.29, 0.717) is 18.0 Å². The van der Waals surface area contributed by atoms with Crippen LogP contribution in [0.5, 0.6) is 11.5 Å². The van der Waals surface area contributed by atoms with Crippen LogP contribution in [-0.2, 0) is 22.6 Å². The molecule has 11 nitrogen and oxygen atoms in total. The molecule has 296 valence electrons. The fourth-order valence-corrected chi connectivity index (χ4v) is 7.53. The quantitative estimate of drug-likeness (QED) is 0.113. The number of aliphatic hydroxyl groups excluding tert-OH is 1. The Morgan fingerprint density at radius 3 is 2.16 bits per heavy atom. The van der Waals surface area contributed by atoms with Gasteiger partial charge in [0, 0.05) is 68.8 Å². The molecule has 1 aromatic heterocycles. The minimum Gasteiger partial charge on any atom is -0.457 e. The molecular formula is C47H48N6O5. The first-order valence-corrected chi connectivity index (χ1v) is 19.8. The van der Waals surface area contributed by atoms with Gasteiger partial charge in [-0.2, -0.15) is 0 Å². The average Bonchev–Trinajstić information content (AvgIpc) is 3.28. The smallest absolute Gasteiger partial charge is 0.319 e. The highest BCUT2D eigenvalue weighted by atomic mass is 16.7. The fourth-order valence-electron chi connectivity index (χ4n) is 7.53. The molecule has 0 saturated carbocycles. The number of amides is 2. The molecule has 0 unspecified atom stereocenters. The molecule has 0 aliphatic carbocycles. The maximum atomic E-state index is 12.9. The number of anilines is 2. The molecule has 8 rings (SSSR count). The van der Waals surface area contributed by atoms with Gasteiger partial charge >= 0.3 is 6.03 Å². The van der Waals surface area contributed by atoms with Crippen LogP contribution in [0.3, 0.4) is 0 Å². The lowest BCUT2D eigenvalue weighted by molar-refractivity contribution is -0.276. The van der Waals surface area contributed by atoms with Gasteiger partial charge in [0.25, 0.3) is 0 Å². The summed E-state index contributed by atoms with van der Waals surface area (Å²) in [5, 5.41) is 15.6. The highest BCUT2D eigenvalue weighted by molar-refractivity contribution is 5.89. The van der Waals surface area contributed by atoms with E-state index in [-0.39, 0.29) is 30.8 Å². The SMILES string of the molecule is C[C@H]1[C@@H](CN2CCN(c3ncccn3)CC2)O[C@@H](c2ccc(-c3ccccc3CNC(=O)Nc3ccc(Oc4ccccc4)cc3)cc2)O[C@H]1c1ccc(CO)cc1. The normalized spacial score (nSPS) is 19.7. The summed E-state index contributed by atoms with van der Waals surface area (Å²) in [5.74, 6) is 2.28. The van der Waals surface area contributed by atoms with E-state index < -0.39 is 6.29 Å². The lowest BCUT2D eigenvalue weighted by Crippen LogP contribution is -2.51. The number of aliphatic hydroxyl groups is 1. The minimum atomic E-state index is -0.573. The van der Waals surface area contributed by atoms with Crippen molar-refractivity contribution in [3.63, 3.8) is 0 Å². The standard InChI is InChI=1S/C47H48N6O5/c1-33-43(31-52-26-28-53(29-27-52)46-48-24-7-25-49-46)57-45(58-44(33)36-14-12-34(32-54)13-15-36)37-18-16-35(17-19-37)42-11-6-5-8-38(42)30-50-47(55)51-39-20-22-41(23-21-39)56-40-9-3-2-4-10-40/h2-25,33,43-45,54H,26-32H2,1H3,(H2,50,51,55)/t33-,43+,44+,45+/m0/s1. The highest BCUT2D eigenvalue weighted by Crippen LogP contribution is 2.42. The van der Waals surface area contributed by atoms with E-state index in [2.05, 4.69) is 79.8 Å². The number of nitrogens with zero attached hydrogens (tertiary/aromatic N) is 4. The van der Waals surface area contributed by atoms with Crippen LogP contribution < -0.4 is 20.3 Å². The third-order valence-electron chi connectivity index (χ3n) is 10.8. The van der Waals surface area contributed by atoms with Crippen LogP contribution in [0.25, 0.3) is 11.1 Å². The van der Waals surface area contributed by atoms with E-state index in [9.17, 15) is 9.90 Å². The van der Waals surface area contributed by atoms with Crippen LogP contribution in [0.15, 0.2) is 146 Å². The second-order valence-electron chi connectivity index (χ2n) is 14.7. The molecule has 3 N–H and O–H groups in total. The first kappa shape index (κ1) is 38.7. The van der Waals surface area contributed by atoms with Gasteiger partial charge in [-0.05, 0) is 70.3 Å². The Morgan fingerprint density at radius 2 is 1.43 bits per heavy atom. The summed E-state index contributed by atoms with van der Waals surface area (Å²) in [6.07, 6.45) is 2.72. The van der Waals surface area contributed by atoms with Crippen molar-refractivity contribution in [2.24, 2.45) is 5.92 Å². The molecule has 2 fully saturated rings. The molecule has 2 aliphatic heterocycles. The zero-order valence-corrected chi connectivity index (χ0v) is 32.5. The molecule has 0 bridgehead atoms. The Labute approximate surface area is 339 Å². The molecular weight excluding hydrogens is 729 g/mol. The zero-order valence-electron chi connectivity index (χ0n) is 32.5. The van der Waals surface area contributed by atoms with Crippen molar-refractivity contribution in [2.75, 3.05) is 42.9 Å². The summed E-state index contributed by atoms with van der Waals surface area (Å²) in [6.45, 7) is 6.77. The summed E-state index contributed by atoms with van der Waals surface area (Å²) in [6, 6.07) is 42.8. The number of carbonyl (C=O) groups excluding carboxylic acids is 1. The number of hydrogen-bond donors (Lipinski definition) is 3. The Bertz CT molecular complexity index is 2220. The number of hydrogen-bond acceptors (Lipinski definition) is 9. The third kappa shape index (κ3) is 9.53. The minimum absolute atomic E-state index is 0.00502. The molecule has 4 atom stereocenters. The van der Waals surface area contributed by atoms with Crippen molar-refractivity contribution < 1.29 is 24.1 Å². The lowest BCUT2D eigenvalue weighted by Gasteiger charge is -2.44. The molecule has 0 radical (unpaired) electrons. The Kier molecular flexibility index (Phi) is 12.3. The number of aromatic nitrogens is 2. The van der Waals surface area contributed by atoms with Crippen LogP contribution >= 0.6 is 0 Å². The fraction of sp³-hybridized carbons (Fsp3) is 0.255. The third-order valence-corrected chi connectivity index (χ3v) is 10.8. The van der Waals surface area contributed by atoms with Crippen LogP contribution in [0.1, 0.15) is 41.6 Å². The summed E-state index contributed by atoms with van der Waals surface area (Å²) in [5.41, 5.74) is 6.55. The van der Waals surface area contributed by atoms with Crippen LogP contribution in [0.4, 0.5) is 16.4 Å². The van der Waals surface area contributed by atoms with Crippen molar-refractivity contribution in [2.45, 2.75) is 38.6 Å². The average molecular weight is 777 g/mol. The largest absolute Gasteiger partial charge is 0.457 e. The monoisotopic (exact) mass is 776 g/mol. The van der Waals surface area contributed by atoms with Gasteiger partial charge in [-0.3, -0.25) is 4.90 Å². The molecule has 2 amide bonds. The first-order chi connectivity index (χ1) is 28.5. The van der Waals surface area contributed by atoms with Gasteiger partial charge in [-0.25, -0.2) is 14.8 Å². The molecule has 58 heavy (non-hydrogen) atoms. The zero-order chi connectivity index (χ0) is 39.7. The number of carbonyl (C=O) groups is 1. The van der Waals surface area contributed by atoms with E-state index >= 15 is 0 Å². The predicted molar refractivity (Wildman–Crippen MR) is 224 cm³/mol. The number of ether oxygens (including phenoxy) is 3. The number of para-hydroxylation sites is 1. The molecule has 2 saturated heterocycles. The van der Waals surface area contributed by atoms with E-state index in [0.717, 1.165) is 77.8 Å². The number of rotatable bonds is 12. The summed E-state index contributed by atoms with van der Waals surface area (Å²) in [4.78, 5) is 26.5. The molecule has 3 heterocycles. The number of urea groups is 1. The van der Waals surface area contributed by atoms with Gasteiger partial charge < -0.3 is 34.9 Å². The van der Waals surface area contributed by atoms with E-state index in [1.165, 1.54) is 0 Å². The van der Waals surface area contributed by atoms with Gasteiger partial charge in [0.05, 0.1) is 18.8 Å². The van der Waals surface area contributed by atoms with Crippen molar-refractivity contribution in [1.82, 2.24) is 20.2 Å². The number of nitrogens with one attached hydrogen (secondary N) is 2. The van der Waals surface area contributed by atoms with E-state index in [4.69, 9.17) is 14.2 Å². The molecule has 2 aliphatic rings. The van der Waals surface area contributed by atoms with Gasteiger partial charge in [0.15, 0.2) is 6.29 Å². The maximum absolute atomic E-state index is 12.9. The maximum Gasteiger partial charge on any atom is 0.319 e. The van der Waals surface area contributed by atoms with Crippen LogP contribution in [-0.4, -0.2) is 64.8 Å². The Hall–Kier alpha value is -6.11. The molecule has 5 aromatic carbocycles. The van der Waals surface area contributed by atoms with Crippen molar-refractivity contribution in [3.8, 4) is 22.6 Å². The van der Waals surface area contributed by atoms with Crippen molar-refractivity contribution >= 4 is 17.7 Å². The van der Waals surface area contributed by atoms with Crippen LogP contribution in [0.2, 0.25) is 0 Å². The predicted octanol–water partition coefficient (Wildman–Crippen LogP) is 8.36. The number of piperazine rings is 1. The van der Waals surface area contributed by atoms with Gasteiger partial charge in [-0.15, -0.1) is 0 Å². The summed E-state index contributed by atoms with van der Waals surface area (Å²) >= 11 is 0. The van der Waals surface area contributed by atoms with Gasteiger partial charge in [0.1, 0.15) is 11.5 Å². The highest BCUT2D eigenvalue weighted by Gasteiger charge is 2.39. The molecule has 0 spiro atoms. The Balaban J connectivity index is 0.923. The van der Waals surface area contributed by atoms with Crippen LogP contribution in [0, 0.1) is 5.92 Å². The summed E-state index contributed by atoms with van der Waals surface area (Å²) in [7, 11) is 0. The Morgan fingerprint density at radius 1 is 0.759 bits per heavy atom. The second-order valence-corrected chi connectivity index (χ2v) is 14.7. The lowest BCUT2D eigenvalue weighted by atomic mass is 9.89. The van der Waals surface area contributed by atoms with Crippen molar-refractivity contribution in [3.05, 3.63) is 168 Å². The van der Waals surface area contributed by atoms with E-state index in [1.54, 1.807) is 12.4 Å². The topological polar surface area (TPSA) is 121 Å². The van der Waals surface area contributed by atoms with Crippen molar-refractivity contribution in [1.29, 1.82) is 0 Å². The summed E-state index contributed by atoms with van der Waals surface area (Å²) < 4.78 is 19.4. The molecule has 6 aromatic rings. The van der Waals surface area contributed by atoms with E-state index in [1.807, 2.05) is 91.0 Å².